The van der Waals surface area contributed by atoms with Gasteiger partial charge in [-0.3, -0.25) is 4.79 Å². The van der Waals surface area contributed by atoms with E-state index in [9.17, 15) is 4.79 Å². The molecule has 1 aromatic heterocycles. The van der Waals surface area contributed by atoms with E-state index in [4.69, 9.17) is 0 Å². The Bertz CT molecular complexity index is 592. The molecule has 130 valence electrons. The van der Waals surface area contributed by atoms with Crippen LogP contribution in [-0.2, 0) is 4.79 Å². The van der Waals surface area contributed by atoms with Crippen molar-refractivity contribution in [2.45, 2.75) is 51.9 Å². The summed E-state index contributed by atoms with van der Waals surface area (Å²) in [4.78, 5) is 24.9. The van der Waals surface area contributed by atoms with Crippen LogP contribution < -0.4 is 4.90 Å². The Hall–Kier alpha value is -1.65. The minimum atomic E-state index is 0.212. The largest absolute Gasteiger partial charge is 0.342 e. The number of anilines is 1. The summed E-state index contributed by atoms with van der Waals surface area (Å²) in [5.41, 5.74) is 1.67. The smallest absolute Gasteiger partial charge is 0.225 e. The van der Waals surface area contributed by atoms with E-state index in [2.05, 4.69) is 21.8 Å². The summed E-state index contributed by atoms with van der Waals surface area (Å²) in [6.07, 6.45) is 10.3. The van der Waals surface area contributed by atoms with Gasteiger partial charge in [0.05, 0.1) is 0 Å². The summed E-state index contributed by atoms with van der Waals surface area (Å²) >= 11 is 0. The zero-order valence-corrected chi connectivity index (χ0v) is 14.9. The predicted molar refractivity (Wildman–Crippen MR) is 93.9 cm³/mol. The van der Waals surface area contributed by atoms with E-state index in [1.54, 1.807) is 6.92 Å². The number of carbonyl (C=O) groups is 1. The van der Waals surface area contributed by atoms with Crippen LogP contribution in [0.15, 0.2) is 12.4 Å². The first-order chi connectivity index (χ1) is 11.6. The second-order valence-electron chi connectivity index (χ2n) is 8.14. The summed E-state index contributed by atoms with van der Waals surface area (Å²) in [5, 5.41) is 0. The molecule has 0 aromatic carbocycles. The summed E-state index contributed by atoms with van der Waals surface area (Å²) < 4.78 is 0. The quantitative estimate of drug-likeness (QED) is 0.856. The van der Waals surface area contributed by atoms with Gasteiger partial charge < -0.3 is 9.80 Å². The van der Waals surface area contributed by atoms with Crippen molar-refractivity contribution in [3.05, 3.63) is 18.0 Å². The highest BCUT2D eigenvalue weighted by Gasteiger charge is 2.53. The van der Waals surface area contributed by atoms with Gasteiger partial charge >= 0.3 is 0 Å². The Labute approximate surface area is 144 Å². The molecule has 0 radical (unpaired) electrons. The molecule has 0 unspecified atom stereocenters. The van der Waals surface area contributed by atoms with Crippen molar-refractivity contribution in [2.75, 3.05) is 31.1 Å². The fourth-order valence-electron chi connectivity index (χ4n) is 4.71. The van der Waals surface area contributed by atoms with Gasteiger partial charge in [0.2, 0.25) is 11.9 Å². The zero-order chi connectivity index (χ0) is 16.7. The number of hydrogen-bond acceptors (Lipinski definition) is 4. The molecule has 24 heavy (non-hydrogen) atoms. The van der Waals surface area contributed by atoms with Crippen LogP contribution in [0.1, 0.15) is 57.4 Å². The van der Waals surface area contributed by atoms with Crippen LogP contribution in [0.5, 0.6) is 0 Å². The third-order valence-electron chi connectivity index (χ3n) is 6.46. The van der Waals surface area contributed by atoms with Crippen molar-refractivity contribution < 1.29 is 4.79 Å². The SMILES string of the molecule is CCC1CCN(c2ncc(C3CC4(C3)CN(C(C)=O)C4)cn2)CC1. The first-order valence-corrected chi connectivity index (χ1v) is 9.41. The number of nitrogens with zero attached hydrogens (tertiary/aromatic N) is 4. The van der Waals surface area contributed by atoms with Crippen LogP contribution in [0.2, 0.25) is 0 Å². The van der Waals surface area contributed by atoms with E-state index in [-0.39, 0.29) is 5.91 Å². The molecule has 3 aliphatic rings. The third-order valence-corrected chi connectivity index (χ3v) is 6.46. The molecule has 3 heterocycles. The van der Waals surface area contributed by atoms with E-state index in [1.807, 2.05) is 17.3 Å². The van der Waals surface area contributed by atoms with E-state index < -0.39 is 0 Å². The van der Waals surface area contributed by atoms with Gasteiger partial charge in [-0.25, -0.2) is 9.97 Å². The molecule has 1 aliphatic carbocycles. The highest BCUT2D eigenvalue weighted by molar-refractivity contribution is 5.74. The van der Waals surface area contributed by atoms with E-state index >= 15 is 0 Å². The Morgan fingerprint density at radius 1 is 1.21 bits per heavy atom. The number of amides is 1. The molecular formula is C19H28N4O. The van der Waals surface area contributed by atoms with Gasteiger partial charge in [-0.05, 0) is 43.1 Å². The Kier molecular flexibility index (Phi) is 3.97. The lowest BCUT2D eigenvalue weighted by Gasteiger charge is -2.59. The van der Waals surface area contributed by atoms with E-state index in [0.717, 1.165) is 38.0 Å². The molecule has 1 spiro atoms. The maximum Gasteiger partial charge on any atom is 0.225 e. The van der Waals surface area contributed by atoms with Gasteiger partial charge in [-0.1, -0.05) is 13.3 Å². The van der Waals surface area contributed by atoms with Gasteiger partial charge in [-0.2, -0.15) is 0 Å². The number of aromatic nitrogens is 2. The van der Waals surface area contributed by atoms with Crippen molar-refractivity contribution in [3.8, 4) is 0 Å². The number of rotatable bonds is 3. The lowest BCUT2D eigenvalue weighted by atomic mass is 9.56. The monoisotopic (exact) mass is 328 g/mol. The fraction of sp³-hybridized carbons (Fsp3) is 0.737. The third kappa shape index (κ3) is 2.78. The average molecular weight is 328 g/mol. The molecule has 1 amide bonds. The summed E-state index contributed by atoms with van der Waals surface area (Å²) in [7, 11) is 0. The van der Waals surface area contributed by atoms with Gasteiger partial charge in [0.25, 0.3) is 0 Å². The van der Waals surface area contributed by atoms with Crippen LogP contribution in [0, 0.1) is 11.3 Å². The van der Waals surface area contributed by atoms with Crippen LogP contribution in [0.3, 0.4) is 0 Å². The number of hydrogen-bond donors (Lipinski definition) is 0. The van der Waals surface area contributed by atoms with Gasteiger partial charge in [-0.15, -0.1) is 0 Å². The molecule has 4 rings (SSSR count). The van der Waals surface area contributed by atoms with Crippen molar-refractivity contribution in [3.63, 3.8) is 0 Å². The molecule has 0 N–H and O–H groups in total. The molecule has 2 aliphatic heterocycles. The second-order valence-corrected chi connectivity index (χ2v) is 8.14. The molecule has 1 aromatic rings. The molecule has 2 saturated heterocycles. The molecule has 0 atom stereocenters. The highest BCUT2D eigenvalue weighted by Crippen LogP contribution is 2.55. The van der Waals surface area contributed by atoms with Crippen LogP contribution in [0.4, 0.5) is 5.95 Å². The van der Waals surface area contributed by atoms with E-state index in [0.29, 0.717) is 11.3 Å². The Morgan fingerprint density at radius 3 is 2.38 bits per heavy atom. The van der Waals surface area contributed by atoms with Crippen molar-refractivity contribution in [1.29, 1.82) is 0 Å². The van der Waals surface area contributed by atoms with Crippen LogP contribution in [-0.4, -0.2) is 47.0 Å². The second kappa shape index (κ2) is 6.01. The zero-order valence-electron chi connectivity index (χ0n) is 14.9. The van der Waals surface area contributed by atoms with E-state index in [1.165, 1.54) is 37.7 Å². The normalized spacial score (nSPS) is 23.9. The number of carbonyl (C=O) groups excluding carboxylic acids is 1. The van der Waals surface area contributed by atoms with Gasteiger partial charge in [0, 0.05) is 50.9 Å². The molecule has 5 nitrogen and oxygen atoms in total. The minimum Gasteiger partial charge on any atom is -0.342 e. The Balaban J connectivity index is 1.31. The topological polar surface area (TPSA) is 49.3 Å². The number of likely N-dealkylation sites (tertiary alicyclic amines) is 1. The van der Waals surface area contributed by atoms with Crippen molar-refractivity contribution >= 4 is 11.9 Å². The summed E-state index contributed by atoms with van der Waals surface area (Å²) in [6.45, 7) is 8.03. The summed E-state index contributed by atoms with van der Waals surface area (Å²) in [6, 6.07) is 0. The first-order valence-electron chi connectivity index (χ1n) is 9.41. The lowest BCUT2D eigenvalue weighted by molar-refractivity contribution is -0.148. The molecule has 1 saturated carbocycles. The fourth-order valence-corrected chi connectivity index (χ4v) is 4.71. The molecule has 5 heteroatoms. The maximum atomic E-state index is 11.3. The molecular weight excluding hydrogens is 300 g/mol. The maximum absolute atomic E-state index is 11.3. The first kappa shape index (κ1) is 15.9. The van der Waals surface area contributed by atoms with Gasteiger partial charge in [0.15, 0.2) is 0 Å². The van der Waals surface area contributed by atoms with Crippen LogP contribution in [0.25, 0.3) is 0 Å². The van der Waals surface area contributed by atoms with Crippen molar-refractivity contribution in [2.24, 2.45) is 11.3 Å². The minimum absolute atomic E-state index is 0.212. The van der Waals surface area contributed by atoms with Crippen molar-refractivity contribution in [1.82, 2.24) is 14.9 Å². The summed E-state index contributed by atoms with van der Waals surface area (Å²) in [5.74, 6) is 2.57. The lowest BCUT2D eigenvalue weighted by Crippen LogP contribution is -2.62. The highest BCUT2D eigenvalue weighted by atomic mass is 16.2. The standard InChI is InChI=1S/C19H28N4O/c1-3-15-4-6-22(7-5-15)18-20-10-17(11-21-18)16-8-19(9-16)12-23(13-19)14(2)24/h10-11,15-16H,3-9,12-13H2,1-2H3. The number of piperidine rings is 1. The van der Waals surface area contributed by atoms with Crippen LogP contribution >= 0.6 is 0 Å². The molecule has 0 bridgehead atoms. The predicted octanol–water partition coefficient (Wildman–Crippen LogP) is 2.83. The molecule has 3 fully saturated rings. The van der Waals surface area contributed by atoms with Gasteiger partial charge in [0.1, 0.15) is 0 Å². The average Bonchev–Trinajstić information content (AvgIpc) is 2.53. The Morgan fingerprint density at radius 2 is 1.83 bits per heavy atom.